The van der Waals surface area contributed by atoms with Crippen molar-refractivity contribution in [3.63, 3.8) is 0 Å². The lowest BCUT2D eigenvalue weighted by atomic mass is 9.99. The molecule has 2 nitrogen and oxygen atoms in total. The molecule has 92 valence electrons. The van der Waals surface area contributed by atoms with Gasteiger partial charge in [-0.3, -0.25) is 4.79 Å². The molecule has 2 heteroatoms. The number of benzene rings is 1. The predicted molar refractivity (Wildman–Crippen MR) is 70.0 cm³/mol. The van der Waals surface area contributed by atoms with Crippen molar-refractivity contribution in [1.82, 2.24) is 0 Å². The maximum Gasteiger partial charge on any atom is 0.312 e. The van der Waals surface area contributed by atoms with E-state index in [0.29, 0.717) is 0 Å². The van der Waals surface area contributed by atoms with Crippen LogP contribution >= 0.6 is 0 Å². The fourth-order valence-corrected chi connectivity index (χ4v) is 1.58. The van der Waals surface area contributed by atoms with Gasteiger partial charge in [-0.05, 0) is 38.3 Å². The van der Waals surface area contributed by atoms with Crippen molar-refractivity contribution in [3.05, 3.63) is 47.0 Å². The quantitative estimate of drug-likeness (QED) is 0.587. The molecule has 1 atom stereocenters. The van der Waals surface area contributed by atoms with Crippen LogP contribution in [0.4, 0.5) is 0 Å². The van der Waals surface area contributed by atoms with Crippen LogP contribution in [0.25, 0.3) is 0 Å². The summed E-state index contributed by atoms with van der Waals surface area (Å²) >= 11 is 0. The van der Waals surface area contributed by atoms with Crippen LogP contribution in [-0.4, -0.2) is 13.1 Å². The van der Waals surface area contributed by atoms with E-state index in [9.17, 15) is 4.79 Å². The fraction of sp³-hybridized carbons (Fsp3) is 0.400. The van der Waals surface area contributed by atoms with Crippen LogP contribution in [0.1, 0.15) is 37.8 Å². The number of rotatable bonds is 4. The largest absolute Gasteiger partial charge is 0.469 e. The van der Waals surface area contributed by atoms with Crippen LogP contribution in [0, 0.1) is 0 Å². The minimum Gasteiger partial charge on any atom is -0.469 e. The molecule has 1 aromatic carbocycles. The van der Waals surface area contributed by atoms with E-state index in [1.807, 2.05) is 19.1 Å². The molecule has 0 saturated heterocycles. The van der Waals surface area contributed by atoms with Gasteiger partial charge in [-0.2, -0.15) is 0 Å². The van der Waals surface area contributed by atoms with Crippen LogP contribution in [-0.2, 0) is 16.0 Å². The summed E-state index contributed by atoms with van der Waals surface area (Å²) in [6.07, 6.45) is 3.13. The molecule has 0 spiro atoms. The van der Waals surface area contributed by atoms with Gasteiger partial charge in [0.05, 0.1) is 13.0 Å². The lowest BCUT2D eigenvalue weighted by Gasteiger charge is -2.09. The Kier molecular flexibility index (Phi) is 4.95. The van der Waals surface area contributed by atoms with E-state index in [1.54, 1.807) is 0 Å². The van der Waals surface area contributed by atoms with Crippen molar-refractivity contribution in [2.75, 3.05) is 7.11 Å². The average Bonchev–Trinajstić information content (AvgIpc) is 2.35. The number of carbonyl (C=O) groups excluding carboxylic acids is 1. The van der Waals surface area contributed by atoms with Gasteiger partial charge >= 0.3 is 5.97 Å². The number of ether oxygens (including phenoxy) is 1. The lowest BCUT2D eigenvalue weighted by Crippen LogP contribution is -2.10. The molecular formula is C15H20O2. The van der Waals surface area contributed by atoms with E-state index < -0.39 is 0 Å². The molecule has 1 aromatic rings. The zero-order chi connectivity index (χ0) is 12.8. The van der Waals surface area contributed by atoms with Gasteiger partial charge < -0.3 is 4.74 Å². The van der Waals surface area contributed by atoms with E-state index >= 15 is 0 Å². The standard InChI is InChI=1S/C15H20O2/c1-11(2)5-6-13-7-9-14(10-8-13)12(3)15(16)17-4/h5,7-10,12H,6H2,1-4H3. The first kappa shape index (κ1) is 13.5. The number of hydrogen-bond donors (Lipinski definition) is 0. The summed E-state index contributed by atoms with van der Waals surface area (Å²) in [5.41, 5.74) is 3.57. The molecule has 0 fully saturated rings. The molecule has 0 saturated carbocycles. The highest BCUT2D eigenvalue weighted by molar-refractivity contribution is 5.77. The molecule has 0 aromatic heterocycles. The van der Waals surface area contributed by atoms with E-state index in [-0.39, 0.29) is 11.9 Å². The summed E-state index contributed by atoms with van der Waals surface area (Å²) in [5, 5.41) is 0. The number of methoxy groups -OCH3 is 1. The minimum atomic E-state index is -0.197. The Bertz CT molecular complexity index is 397. The minimum absolute atomic E-state index is 0.193. The van der Waals surface area contributed by atoms with Crippen LogP contribution < -0.4 is 0 Å². The zero-order valence-corrected chi connectivity index (χ0v) is 11.0. The highest BCUT2D eigenvalue weighted by Gasteiger charge is 2.14. The molecular weight excluding hydrogens is 212 g/mol. The number of esters is 1. The first-order chi connectivity index (χ1) is 8.04. The highest BCUT2D eigenvalue weighted by atomic mass is 16.5. The molecule has 0 aliphatic rings. The van der Waals surface area contributed by atoms with Crippen molar-refractivity contribution in [2.45, 2.75) is 33.1 Å². The summed E-state index contributed by atoms with van der Waals surface area (Å²) < 4.78 is 4.73. The van der Waals surface area contributed by atoms with Crippen molar-refractivity contribution in [1.29, 1.82) is 0 Å². The summed E-state index contributed by atoms with van der Waals surface area (Å²) in [4.78, 5) is 11.4. The van der Waals surface area contributed by atoms with Crippen LogP contribution in [0.2, 0.25) is 0 Å². The van der Waals surface area contributed by atoms with Crippen LogP contribution in [0.3, 0.4) is 0 Å². The monoisotopic (exact) mass is 232 g/mol. The van der Waals surface area contributed by atoms with Crippen LogP contribution in [0.5, 0.6) is 0 Å². The fourth-order valence-electron chi connectivity index (χ4n) is 1.58. The maximum absolute atomic E-state index is 11.4. The third-order valence-electron chi connectivity index (χ3n) is 2.78. The molecule has 1 unspecified atom stereocenters. The Labute approximate surface area is 103 Å². The number of carbonyl (C=O) groups is 1. The molecule has 0 aliphatic heterocycles. The number of hydrogen-bond acceptors (Lipinski definition) is 2. The molecule has 1 rings (SSSR count). The predicted octanol–water partition coefficient (Wildman–Crippen LogP) is 3.47. The van der Waals surface area contributed by atoms with Crippen molar-refractivity contribution in [2.24, 2.45) is 0 Å². The maximum atomic E-state index is 11.4. The topological polar surface area (TPSA) is 26.3 Å². The molecule has 0 N–H and O–H groups in total. The van der Waals surface area contributed by atoms with Gasteiger partial charge in [0.1, 0.15) is 0 Å². The third kappa shape index (κ3) is 4.06. The molecule has 17 heavy (non-hydrogen) atoms. The van der Waals surface area contributed by atoms with Crippen molar-refractivity contribution >= 4 is 5.97 Å². The Morgan fingerprint density at radius 1 is 1.29 bits per heavy atom. The Morgan fingerprint density at radius 3 is 2.35 bits per heavy atom. The van der Waals surface area contributed by atoms with E-state index in [0.717, 1.165) is 12.0 Å². The summed E-state index contributed by atoms with van der Waals surface area (Å²) in [5.74, 6) is -0.389. The summed E-state index contributed by atoms with van der Waals surface area (Å²) in [6.45, 7) is 6.04. The normalized spacial score (nSPS) is 11.8. The average molecular weight is 232 g/mol. The van der Waals surface area contributed by atoms with Gasteiger partial charge in [0.2, 0.25) is 0 Å². The molecule has 0 bridgehead atoms. The first-order valence-electron chi connectivity index (χ1n) is 5.84. The van der Waals surface area contributed by atoms with E-state index in [1.165, 1.54) is 18.2 Å². The van der Waals surface area contributed by atoms with Crippen molar-refractivity contribution < 1.29 is 9.53 Å². The second-order valence-electron chi connectivity index (χ2n) is 4.47. The first-order valence-corrected chi connectivity index (χ1v) is 5.84. The second kappa shape index (κ2) is 6.24. The lowest BCUT2D eigenvalue weighted by molar-refractivity contribution is -0.141. The van der Waals surface area contributed by atoms with Gasteiger partial charge in [-0.1, -0.05) is 35.9 Å². The smallest absolute Gasteiger partial charge is 0.312 e. The Hall–Kier alpha value is -1.57. The van der Waals surface area contributed by atoms with Gasteiger partial charge in [-0.15, -0.1) is 0 Å². The third-order valence-corrected chi connectivity index (χ3v) is 2.78. The van der Waals surface area contributed by atoms with Gasteiger partial charge in [0.15, 0.2) is 0 Å². The van der Waals surface area contributed by atoms with Gasteiger partial charge in [0, 0.05) is 0 Å². The summed E-state index contributed by atoms with van der Waals surface area (Å²) in [6, 6.07) is 8.12. The Morgan fingerprint density at radius 2 is 1.88 bits per heavy atom. The molecule has 0 radical (unpaired) electrons. The Balaban J connectivity index is 2.74. The molecule has 0 heterocycles. The van der Waals surface area contributed by atoms with E-state index in [2.05, 4.69) is 32.1 Å². The SMILES string of the molecule is COC(=O)C(C)c1ccc(CC=C(C)C)cc1. The van der Waals surface area contributed by atoms with Gasteiger partial charge in [-0.25, -0.2) is 0 Å². The number of allylic oxidation sites excluding steroid dienone is 2. The molecule has 0 amide bonds. The second-order valence-corrected chi connectivity index (χ2v) is 4.47. The van der Waals surface area contributed by atoms with Gasteiger partial charge in [0.25, 0.3) is 0 Å². The van der Waals surface area contributed by atoms with E-state index in [4.69, 9.17) is 4.74 Å². The highest BCUT2D eigenvalue weighted by Crippen LogP contribution is 2.17. The van der Waals surface area contributed by atoms with Crippen molar-refractivity contribution in [3.8, 4) is 0 Å². The zero-order valence-electron chi connectivity index (χ0n) is 11.0. The molecule has 0 aliphatic carbocycles. The summed E-state index contributed by atoms with van der Waals surface area (Å²) in [7, 11) is 1.42. The van der Waals surface area contributed by atoms with Crippen LogP contribution in [0.15, 0.2) is 35.9 Å².